The van der Waals surface area contributed by atoms with Gasteiger partial charge in [0.25, 0.3) is 0 Å². The molecule has 2 rings (SSSR count). The van der Waals surface area contributed by atoms with Crippen molar-refractivity contribution in [1.82, 2.24) is 15.6 Å². The van der Waals surface area contributed by atoms with Gasteiger partial charge in [0.05, 0.1) is 12.1 Å². The lowest BCUT2D eigenvalue weighted by Crippen LogP contribution is -2.35. The summed E-state index contributed by atoms with van der Waals surface area (Å²) < 4.78 is 38.0. The molecule has 0 saturated heterocycles. The van der Waals surface area contributed by atoms with E-state index in [4.69, 9.17) is 0 Å². The Morgan fingerprint density at radius 2 is 1.90 bits per heavy atom. The van der Waals surface area contributed by atoms with Crippen molar-refractivity contribution in [3.63, 3.8) is 0 Å². The number of anilines is 1. The first kappa shape index (κ1) is 22.1. The van der Waals surface area contributed by atoms with Gasteiger partial charge in [-0.25, -0.2) is 9.78 Å². The van der Waals surface area contributed by atoms with Crippen LogP contribution in [-0.2, 0) is 12.7 Å². The zero-order chi connectivity index (χ0) is 21.3. The average molecular weight is 404 g/mol. The van der Waals surface area contributed by atoms with Crippen LogP contribution >= 0.6 is 0 Å². The molecule has 0 bridgehead atoms. The van der Waals surface area contributed by atoms with Crippen molar-refractivity contribution in [2.45, 2.75) is 26.6 Å². The second-order valence-electron chi connectivity index (χ2n) is 6.11. The minimum atomic E-state index is -4.41. The number of halogens is 3. The molecule has 1 aromatic carbocycles. The number of aromatic nitrogens is 1. The van der Waals surface area contributed by atoms with E-state index in [1.54, 1.807) is 6.20 Å². The molecule has 8 heteroatoms. The number of rotatable bonds is 6. The Bertz CT molecular complexity index is 866. The third-order valence-electron chi connectivity index (χ3n) is 4.11. The standard InChI is InChI=1S/C21H23F3N4O/c1-3-28(4-2)19-11-10-17(14-26-19)15-27-20(29)25-12-6-8-16-7-5-9-18(13-16)21(22,23)24/h5,7,9-11,13-14H,3-4,12,15H2,1-2H3,(H2,25,27,29). The summed E-state index contributed by atoms with van der Waals surface area (Å²) in [5, 5.41) is 5.22. The fourth-order valence-electron chi connectivity index (χ4n) is 2.54. The molecular weight excluding hydrogens is 381 g/mol. The van der Waals surface area contributed by atoms with Crippen LogP contribution in [0.15, 0.2) is 42.6 Å². The van der Waals surface area contributed by atoms with E-state index in [1.165, 1.54) is 12.1 Å². The summed E-state index contributed by atoms with van der Waals surface area (Å²) in [5.41, 5.74) is 0.336. The number of nitrogens with one attached hydrogen (secondary N) is 2. The molecule has 1 heterocycles. The maximum atomic E-state index is 12.7. The molecule has 0 fully saturated rings. The van der Waals surface area contributed by atoms with Gasteiger partial charge in [-0.15, -0.1) is 0 Å². The van der Waals surface area contributed by atoms with Crippen molar-refractivity contribution < 1.29 is 18.0 Å². The summed E-state index contributed by atoms with van der Waals surface area (Å²) in [6.45, 7) is 6.16. The van der Waals surface area contributed by atoms with Crippen molar-refractivity contribution >= 4 is 11.8 Å². The number of benzene rings is 1. The highest BCUT2D eigenvalue weighted by Gasteiger charge is 2.30. The number of carbonyl (C=O) groups is 1. The number of carbonyl (C=O) groups excluding carboxylic acids is 1. The van der Waals surface area contributed by atoms with Gasteiger partial charge in [-0.2, -0.15) is 13.2 Å². The van der Waals surface area contributed by atoms with E-state index in [9.17, 15) is 18.0 Å². The maximum absolute atomic E-state index is 12.7. The maximum Gasteiger partial charge on any atom is 0.416 e. The van der Waals surface area contributed by atoms with E-state index in [1.807, 2.05) is 12.1 Å². The van der Waals surface area contributed by atoms with Crippen LogP contribution in [0.3, 0.4) is 0 Å². The van der Waals surface area contributed by atoms with Gasteiger partial charge in [-0.05, 0) is 43.7 Å². The molecule has 0 aliphatic carbocycles. The van der Waals surface area contributed by atoms with Crippen molar-refractivity contribution in [2.24, 2.45) is 0 Å². The van der Waals surface area contributed by atoms with Crippen LogP contribution in [0.25, 0.3) is 0 Å². The fourth-order valence-corrected chi connectivity index (χ4v) is 2.54. The van der Waals surface area contributed by atoms with E-state index in [2.05, 4.69) is 46.2 Å². The highest BCUT2D eigenvalue weighted by atomic mass is 19.4. The molecule has 0 atom stereocenters. The molecular formula is C21H23F3N4O. The quantitative estimate of drug-likeness (QED) is 0.720. The molecule has 0 radical (unpaired) electrons. The summed E-state index contributed by atoms with van der Waals surface area (Å²) in [6, 6.07) is 8.12. The van der Waals surface area contributed by atoms with Crippen molar-refractivity contribution in [1.29, 1.82) is 0 Å². The summed E-state index contributed by atoms with van der Waals surface area (Å²) >= 11 is 0. The number of hydrogen-bond acceptors (Lipinski definition) is 3. The van der Waals surface area contributed by atoms with Gasteiger partial charge in [0.1, 0.15) is 5.82 Å². The van der Waals surface area contributed by atoms with Crippen LogP contribution in [0.1, 0.15) is 30.5 Å². The zero-order valence-corrected chi connectivity index (χ0v) is 16.3. The monoisotopic (exact) mass is 404 g/mol. The van der Waals surface area contributed by atoms with Crippen LogP contribution in [0, 0.1) is 11.8 Å². The minimum absolute atomic E-state index is 0.0151. The van der Waals surface area contributed by atoms with Crippen LogP contribution in [0.5, 0.6) is 0 Å². The second-order valence-corrected chi connectivity index (χ2v) is 6.11. The molecule has 154 valence electrons. The van der Waals surface area contributed by atoms with Crippen LogP contribution in [0.2, 0.25) is 0 Å². The predicted molar refractivity (Wildman–Crippen MR) is 106 cm³/mol. The molecule has 29 heavy (non-hydrogen) atoms. The molecule has 0 aliphatic rings. The fraction of sp³-hybridized carbons (Fsp3) is 0.333. The summed E-state index contributed by atoms with van der Waals surface area (Å²) in [7, 11) is 0. The number of pyridine rings is 1. The molecule has 5 nitrogen and oxygen atoms in total. The van der Waals surface area contributed by atoms with Crippen LogP contribution < -0.4 is 15.5 Å². The first-order chi connectivity index (χ1) is 13.8. The zero-order valence-electron chi connectivity index (χ0n) is 16.3. The number of urea groups is 1. The molecule has 0 saturated carbocycles. The second kappa shape index (κ2) is 10.4. The molecule has 1 aromatic heterocycles. The Labute approximate surface area is 168 Å². The van der Waals surface area contributed by atoms with Crippen molar-refractivity contribution in [2.75, 3.05) is 24.5 Å². The third kappa shape index (κ3) is 7.03. The molecule has 2 N–H and O–H groups in total. The highest BCUT2D eigenvalue weighted by molar-refractivity contribution is 5.74. The Balaban J connectivity index is 1.79. The lowest BCUT2D eigenvalue weighted by Gasteiger charge is -2.19. The van der Waals surface area contributed by atoms with Crippen molar-refractivity contribution in [3.8, 4) is 11.8 Å². The molecule has 2 aromatic rings. The number of alkyl halides is 3. The summed E-state index contributed by atoms with van der Waals surface area (Å²) in [6.07, 6.45) is -2.70. The van der Waals surface area contributed by atoms with E-state index in [-0.39, 0.29) is 12.1 Å². The van der Waals surface area contributed by atoms with E-state index >= 15 is 0 Å². The summed E-state index contributed by atoms with van der Waals surface area (Å²) in [5.74, 6) is 6.12. The van der Waals surface area contributed by atoms with Gasteiger partial charge in [0.15, 0.2) is 0 Å². The Morgan fingerprint density at radius 1 is 1.14 bits per heavy atom. The van der Waals surface area contributed by atoms with Crippen LogP contribution in [0.4, 0.5) is 23.8 Å². The Hall–Kier alpha value is -3.21. The number of hydrogen-bond donors (Lipinski definition) is 2. The SMILES string of the molecule is CCN(CC)c1ccc(CNC(=O)NCC#Cc2cccc(C(F)(F)F)c2)cn1. The predicted octanol–water partition coefficient (Wildman–Crippen LogP) is 3.80. The molecule has 0 spiro atoms. The average Bonchev–Trinajstić information content (AvgIpc) is 2.71. The Morgan fingerprint density at radius 3 is 2.52 bits per heavy atom. The molecule has 0 aliphatic heterocycles. The largest absolute Gasteiger partial charge is 0.416 e. The van der Waals surface area contributed by atoms with Gasteiger partial charge in [0, 0.05) is 31.4 Å². The molecule has 0 unspecified atom stereocenters. The number of amides is 2. The van der Waals surface area contributed by atoms with E-state index in [0.29, 0.717) is 6.54 Å². The summed E-state index contributed by atoms with van der Waals surface area (Å²) in [4.78, 5) is 18.3. The van der Waals surface area contributed by atoms with Crippen LogP contribution in [-0.4, -0.2) is 30.6 Å². The highest BCUT2D eigenvalue weighted by Crippen LogP contribution is 2.29. The Kier molecular flexibility index (Phi) is 7.89. The normalized spacial score (nSPS) is 10.7. The van der Waals surface area contributed by atoms with Crippen molar-refractivity contribution in [3.05, 3.63) is 59.3 Å². The van der Waals surface area contributed by atoms with Gasteiger partial charge < -0.3 is 15.5 Å². The minimum Gasteiger partial charge on any atom is -0.357 e. The third-order valence-corrected chi connectivity index (χ3v) is 4.11. The van der Waals surface area contributed by atoms with Gasteiger partial charge in [-0.1, -0.05) is 24.0 Å². The van der Waals surface area contributed by atoms with E-state index < -0.39 is 17.8 Å². The van der Waals surface area contributed by atoms with Gasteiger partial charge in [0.2, 0.25) is 0 Å². The lowest BCUT2D eigenvalue weighted by molar-refractivity contribution is -0.137. The van der Waals surface area contributed by atoms with Gasteiger partial charge >= 0.3 is 12.2 Å². The molecule has 2 amide bonds. The number of nitrogens with zero attached hydrogens (tertiary/aromatic N) is 2. The van der Waals surface area contributed by atoms with E-state index in [0.717, 1.165) is 36.6 Å². The first-order valence-corrected chi connectivity index (χ1v) is 9.21. The first-order valence-electron chi connectivity index (χ1n) is 9.21. The smallest absolute Gasteiger partial charge is 0.357 e. The van der Waals surface area contributed by atoms with Gasteiger partial charge in [-0.3, -0.25) is 0 Å². The lowest BCUT2D eigenvalue weighted by atomic mass is 10.1. The topological polar surface area (TPSA) is 57.3 Å².